The van der Waals surface area contributed by atoms with Crippen molar-refractivity contribution in [3.05, 3.63) is 83.7 Å². The summed E-state index contributed by atoms with van der Waals surface area (Å²) >= 11 is 0. The third-order valence-electron chi connectivity index (χ3n) is 6.85. The topological polar surface area (TPSA) is 57.7 Å². The number of carbonyl (C=O) groups is 1. The number of amides is 1. The van der Waals surface area contributed by atoms with E-state index in [1.165, 1.54) is 22.5 Å². The third-order valence-corrected chi connectivity index (χ3v) is 6.85. The molecule has 1 N–H and O–H groups in total. The van der Waals surface area contributed by atoms with Crippen LogP contribution in [-0.2, 0) is 17.8 Å². The standard InChI is InChI=1S/C27H30N4O2/c1-19-5-8-22(9-6-19)30-12-13-31-25-15-23(33-2)10-7-21(25)14-24(26(31)18-30)27(32)29-17-20-4-3-11-28-16-20/h3-11,15-16,24,26H,12-14,17-18H2,1-2H3,(H,29,32)/t24-,26-/m0/s1. The number of aromatic nitrogens is 1. The summed E-state index contributed by atoms with van der Waals surface area (Å²) in [5.74, 6) is 0.824. The highest BCUT2D eigenvalue weighted by atomic mass is 16.5. The van der Waals surface area contributed by atoms with Gasteiger partial charge < -0.3 is 19.9 Å². The van der Waals surface area contributed by atoms with Gasteiger partial charge in [-0.05, 0) is 48.7 Å². The van der Waals surface area contributed by atoms with Gasteiger partial charge in [0.05, 0.1) is 19.1 Å². The normalized spacial score (nSPS) is 19.5. The van der Waals surface area contributed by atoms with Crippen molar-refractivity contribution in [3.63, 3.8) is 0 Å². The Morgan fingerprint density at radius 3 is 2.76 bits per heavy atom. The Hall–Kier alpha value is -3.54. The summed E-state index contributed by atoms with van der Waals surface area (Å²) < 4.78 is 5.50. The van der Waals surface area contributed by atoms with E-state index < -0.39 is 0 Å². The number of hydrogen-bond donors (Lipinski definition) is 1. The highest BCUT2D eigenvalue weighted by Gasteiger charge is 2.41. The number of pyridine rings is 1. The lowest BCUT2D eigenvalue weighted by Gasteiger charge is -2.49. The van der Waals surface area contributed by atoms with E-state index in [1.807, 2.05) is 18.2 Å². The van der Waals surface area contributed by atoms with Crippen LogP contribution in [0.2, 0.25) is 0 Å². The Morgan fingerprint density at radius 1 is 1.15 bits per heavy atom. The first kappa shape index (κ1) is 21.3. The smallest absolute Gasteiger partial charge is 0.225 e. The number of anilines is 2. The van der Waals surface area contributed by atoms with Gasteiger partial charge in [-0.2, -0.15) is 0 Å². The predicted molar refractivity (Wildman–Crippen MR) is 131 cm³/mol. The van der Waals surface area contributed by atoms with Crippen LogP contribution in [0.5, 0.6) is 5.75 Å². The molecule has 2 aliphatic rings. The van der Waals surface area contributed by atoms with Gasteiger partial charge >= 0.3 is 0 Å². The maximum Gasteiger partial charge on any atom is 0.225 e. The molecule has 2 aromatic carbocycles. The average Bonchev–Trinajstić information content (AvgIpc) is 2.87. The Bertz CT molecular complexity index is 1120. The van der Waals surface area contributed by atoms with E-state index in [2.05, 4.69) is 63.4 Å². The van der Waals surface area contributed by atoms with E-state index in [9.17, 15) is 4.79 Å². The van der Waals surface area contributed by atoms with E-state index >= 15 is 0 Å². The summed E-state index contributed by atoms with van der Waals surface area (Å²) in [5, 5.41) is 3.17. The minimum Gasteiger partial charge on any atom is -0.497 e. The first-order valence-electron chi connectivity index (χ1n) is 11.5. The van der Waals surface area contributed by atoms with Crippen molar-refractivity contribution >= 4 is 17.3 Å². The maximum atomic E-state index is 13.4. The van der Waals surface area contributed by atoms with Gasteiger partial charge in [0.1, 0.15) is 5.75 Å². The number of ether oxygens (including phenoxy) is 1. The highest BCUT2D eigenvalue weighted by Crippen LogP contribution is 2.39. The fraction of sp³-hybridized carbons (Fsp3) is 0.333. The number of aryl methyl sites for hydroxylation is 1. The molecule has 170 valence electrons. The molecule has 0 bridgehead atoms. The molecule has 6 heteroatoms. The van der Waals surface area contributed by atoms with Crippen LogP contribution in [0.1, 0.15) is 16.7 Å². The van der Waals surface area contributed by atoms with Crippen molar-refractivity contribution in [3.8, 4) is 5.75 Å². The Balaban J connectivity index is 1.42. The summed E-state index contributed by atoms with van der Waals surface area (Å²) in [5.41, 5.74) is 5.88. The number of piperazine rings is 1. The molecular weight excluding hydrogens is 412 g/mol. The Morgan fingerprint density at radius 2 is 2.00 bits per heavy atom. The average molecular weight is 443 g/mol. The summed E-state index contributed by atoms with van der Waals surface area (Å²) in [6, 6.07) is 18.9. The van der Waals surface area contributed by atoms with Crippen molar-refractivity contribution in [2.24, 2.45) is 5.92 Å². The maximum absolute atomic E-state index is 13.4. The third kappa shape index (κ3) is 4.38. The second-order valence-electron chi connectivity index (χ2n) is 8.93. The van der Waals surface area contributed by atoms with E-state index in [-0.39, 0.29) is 17.9 Å². The van der Waals surface area contributed by atoms with E-state index in [0.29, 0.717) is 6.54 Å². The quantitative estimate of drug-likeness (QED) is 0.655. The van der Waals surface area contributed by atoms with Crippen LogP contribution in [0.25, 0.3) is 0 Å². The van der Waals surface area contributed by atoms with E-state index in [1.54, 1.807) is 19.5 Å². The van der Waals surface area contributed by atoms with Crippen molar-refractivity contribution in [2.75, 3.05) is 36.5 Å². The van der Waals surface area contributed by atoms with Gasteiger partial charge in [-0.1, -0.05) is 29.8 Å². The molecule has 1 amide bonds. The molecule has 0 aliphatic carbocycles. The van der Waals surface area contributed by atoms with Crippen molar-refractivity contribution in [1.82, 2.24) is 10.3 Å². The van der Waals surface area contributed by atoms with Crippen LogP contribution in [-0.4, -0.2) is 43.7 Å². The molecule has 2 aliphatic heterocycles. The Kier molecular flexibility index (Phi) is 5.90. The first-order valence-corrected chi connectivity index (χ1v) is 11.5. The minimum atomic E-state index is -0.129. The van der Waals surface area contributed by atoms with E-state index in [0.717, 1.165) is 37.4 Å². The van der Waals surface area contributed by atoms with Crippen LogP contribution < -0.4 is 19.9 Å². The zero-order valence-electron chi connectivity index (χ0n) is 19.2. The Labute approximate surface area is 195 Å². The van der Waals surface area contributed by atoms with Gasteiger partial charge in [0.25, 0.3) is 0 Å². The molecule has 0 radical (unpaired) electrons. The number of fused-ring (bicyclic) bond motifs is 3. The van der Waals surface area contributed by atoms with Crippen LogP contribution in [0, 0.1) is 12.8 Å². The van der Waals surface area contributed by atoms with Crippen molar-refractivity contribution in [2.45, 2.75) is 25.9 Å². The molecule has 0 unspecified atom stereocenters. The van der Waals surface area contributed by atoms with Gasteiger partial charge in [0.15, 0.2) is 0 Å². The van der Waals surface area contributed by atoms with E-state index in [4.69, 9.17) is 4.74 Å². The molecule has 0 saturated carbocycles. The van der Waals surface area contributed by atoms with Crippen molar-refractivity contribution < 1.29 is 9.53 Å². The summed E-state index contributed by atoms with van der Waals surface area (Å²) in [6.07, 6.45) is 4.27. The van der Waals surface area contributed by atoms with Gasteiger partial charge in [0, 0.05) is 56.0 Å². The molecule has 33 heavy (non-hydrogen) atoms. The molecule has 1 saturated heterocycles. The molecule has 3 heterocycles. The fourth-order valence-corrected chi connectivity index (χ4v) is 5.02. The van der Waals surface area contributed by atoms with Gasteiger partial charge in [-0.3, -0.25) is 9.78 Å². The molecule has 6 nitrogen and oxygen atoms in total. The lowest BCUT2D eigenvalue weighted by atomic mass is 9.83. The second kappa shape index (κ2) is 9.14. The zero-order valence-corrected chi connectivity index (χ0v) is 19.2. The monoisotopic (exact) mass is 442 g/mol. The number of nitrogens with one attached hydrogen (secondary N) is 1. The molecule has 2 atom stereocenters. The molecule has 5 rings (SSSR count). The lowest BCUT2D eigenvalue weighted by molar-refractivity contribution is -0.126. The second-order valence-corrected chi connectivity index (χ2v) is 8.93. The minimum absolute atomic E-state index is 0.0913. The molecule has 0 spiro atoms. The van der Waals surface area contributed by atoms with Gasteiger partial charge in [-0.25, -0.2) is 0 Å². The zero-order chi connectivity index (χ0) is 22.8. The molecule has 3 aromatic rings. The van der Waals surface area contributed by atoms with Crippen LogP contribution in [0.15, 0.2) is 67.0 Å². The number of hydrogen-bond acceptors (Lipinski definition) is 5. The summed E-state index contributed by atoms with van der Waals surface area (Å²) in [7, 11) is 1.70. The number of carbonyl (C=O) groups excluding carboxylic acids is 1. The summed E-state index contributed by atoms with van der Waals surface area (Å²) in [6.45, 7) is 5.19. The largest absolute Gasteiger partial charge is 0.497 e. The number of methoxy groups -OCH3 is 1. The number of rotatable bonds is 5. The SMILES string of the molecule is COc1ccc2c(c1)N1CCN(c3ccc(C)cc3)C[C@H]1[C@@H](C(=O)NCc1cccnc1)C2. The van der Waals surface area contributed by atoms with Gasteiger partial charge in [-0.15, -0.1) is 0 Å². The molecular formula is C27H30N4O2. The number of benzene rings is 2. The first-order chi connectivity index (χ1) is 16.1. The fourth-order valence-electron chi connectivity index (χ4n) is 5.02. The molecule has 1 aromatic heterocycles. The summed E-state index contributed by atoms with van der Waals surface area (Å²) in [4.78, 5) is 22.4. The van der Waals surface area contributed by atoms with Crippen molar-refractivity contribution in [1.29, 1.82) is 0 Å². The lowest BCUT2D eigenvalue weighted by Crippen LogP contribution is -2.61. The van der Waals surface area contributed by atoms with Gasteiger partial charge in [0.2, 0.25) is 5.91 Å². The highest BCUT2D eigenvalue weighted by molar-refractivity contribution is 5.82. The van der Waals surface area contributed by atoms with Crippen LogP contribution >= 0.6 is 0 Å². The molecule has 1 fully saturated rings. The van der Waals surface area contributed by atoms with Crippen LogP contribution in [0.4, 0.5) is 11.4 Å². The number of nitrogens with zero attached hydrogens (tertiary/aromatic N) is 3. The van der Waals surface area contributed by atoms with Crippen LogP contribution in [0.3, 0.4) is 0 Å². The predicted octanol–water partition coefficient (Wildman–Crippen LogP) is 3.58.